The lowest BCUT2D eigenvalue weighted by atomic mass is 9.99. The van der Waals surface area contributed by atoms with Crippen LogP contribution in [0.15, 0.2) is 45.3 Å². The molecule has 0 aliphatic heterocycles. The monoisotopic (exact) mass is 417 g/mol. The molecule has 0 aliphatic carbocycles. The van der Waals surface area contributed by atoms with Gasteiger partial charge < -0.3 is 10.5 Å². The summed E-state index contributed by atoms with van der Waals surface area (Å²) in [7, 11) is 1.65. The summed E-state index contributed by atoms with van der Waals surface area (Å²) in [5.74, 6) is 0.817. The SMILES string of the molecule is COc1ccc(Br)c(CC(N)c2ccc(Br)cc2Cl)c1. The van der Waals surface area contributed by atoms with Gasteiger partial charge in [-0.15, -0.1) is 0 Å². The van der Waals surface area contributed by atoms with Gasteiger partial charge in [-0.25, -0.2) is 0 Å². The van der Waals surface area contributed by atoms with Crippen molar-refractivity contribution in [3.8, 4) is 5.75 Å². The van der Waals surface area contributed by atoms with Crippen LogP contribution in [0.3, 0.4) is 0 Å². The molecule has 1 atom stereocenters. The molecule has 2 N–H and O–H groups in total. The number of hydrogen-bond donors (Lipinski definition) is 1. The Bertz CT molecular complexity index is 619. The lowest BCUT2D eigenvalue weighted by Crippen LogP contribution is -2.14. The lowest BCUT2D eigenvalue weighted by molar-refractivity contribution is 0.414. The Morgan fingerprint density at radius 3 is 2.60 bits per heavy atom. The lowest BCUT2D eigenvalue weighted by Gasteiger charge is -2.16. The quantitative estimate of drug-likeness (QED) is 0.747. The molecule has 0 aromatic heterocycles. The van der Waals surface area contributed by atoms with Gasteiger partial charge in [0.2, 0.25) is 0 Å². The van der Waals surface area contributed by atoms with Crippen molar-refractivity contribution in [1.82, 2.24) is 0 Å². The molecule has 2 aromatic rings. The van der Waals surface area contributed by atoms with Crippen LogP contribution in [0.4, 0.5) is 0 Å². The van der Waals surface area contributed by atoms with Crippen LogP contribution in [0.25, 0.3) is 0 Å². The summed E-state index contributed by atoms with van der Waals surface area (Å²) in [6.45, 7) is 0. The van der Waals surface area contributed by atoms with Crippen LogP contribution in [-0.4, -0.2) is 7.11 Å². The maximum Gasteiger partial charge on any atom is 0.119 e. The highest BCUT2D eigenvalue weighted by Crippen LogP contribution is 2.30. The highest BCUT2D eigenvalue weighted by Gasteiger charge is 2.13. The van der Waals surface area contributed by atoms with Crippen molar-refractivity contribution < 1.29 is 4.74 Å². The highest BCUT2D eigenvalue weighted by molar-refractivity contribution is 9.10. The first-order valence-corrected chi connectivity index (χ1v) is 8.00. The zero-order valence-electron chi connectivity index (χ0n) is 10.9. The molecule has 1 unspecified atom stereocenters. The third-order valence-corrected chi connectivity index (χ3v) is 4.65. The summed E-state index contributed by atoms with van der Waals surface area (Å²) < 4.78 is 7.20. The first kappa shape index (κ1) is 15.8. The average Bonchev–Trinajstić information content (AvgIpc) is 2.41. The predicted molar refractivity (Wildman–Crippen MR) is 90.5 cm³/mol. The van der Waals surface area contributed by atoms with E-state index in [-0.39, 0.29) is 6.04 Å². The standard InChI is InChI=1S/C15H14Br2ClNO/c1-20-11-3-5-13(17)9(6-11)7-15(19)12-4-2-10(16)8-14(12)18/h2-6,8,15H,7,19H2,1H3. The third kappa shape index (κ3) is 3.76. The van der Waals surface area contributed by atoms with Crippen molar-refractivity contribution in [2.24, 2.45) is 5.73 Å². The maximum absolute atomic E-state index is 6.28. The van der Waals surface area contributed by atoms with Crippen LogP contribution >= 0.6 is 43.5 Å². The summed E-state index contributed by atoms with van der Waals surface area (Å²) in [4.78, 5) is 0. The first-order valence-electron chi connectivity index (χ1n) is 6.04. The van der Waals surface area contributed by atoms with E-state index in [1.54, 1.807) is 7.11 Å². The smallest absolute Gasteiger partial charge is 0.119 e. The first-order chi connectivity index (χ1) is 9.51. The number of nitrogens with two attached hydrogens (primary N) is 1. The van der Waals surface area contributed by atoms with Crippen molar-refractivity contribution in [3.05, 3.63) is 61.5 Å². The topological polar surface area (TPSA) is 35.2 Å². The van der Waals surface area contributed by atoms with E-state index in [1.165, 1.54) is 0 Å². The van der Waals surface area contributed by atoms with Crippen molar-refractivity contribution >= 4 is 43.5 Å². The van der Waals surface area contributed by atoms with E-state index in [9.17, 15) is 0 Å². The number of benzene rings is 2. The van der Waals surface area contributed by atoms with E-state index >= 15 is 0 Å². The van der Waals surface area contributed by atoms with E-state index in [0.29, 0.717) is 11.4 Å². The Morgan fingerprint density at radius 1 is 1.20 bits per heavy atom. The number of hydrogen-bond acceptors (Lipinski definition) is 2. The van der Waals surface area contributed by atoms with E-state index < -0.39 is 0 Å². The molecule has 2 rings (SSSR count). The fraction of sp³-hybridized carbons (Fsp3) is 0.200. The maximum atomic E-state index is 6.28. The van der Waals surface area contributed by atoms with Crippen molar-refractivity contribution in [2.75, 3.05) is 7.11 Å². The number of rotatable bonds is 4. The number of halogens is 3. The van der Waals surface area contributed by atoms with Crippen LogP contribution in [0.2, 0.25) is 5.02 Å². The molecule has 0 aliphatic rings. The second-order valence-electron chi connectivity index (χ2n) is 4.43. The average molecular weight is 420 g/mol. The molecule has 0 saturated heterocycles. The Labute approximate surface area is 140 Å². The molecular weight excluding hydrogens is 405 g/mol. The van der Waals surface area contributed by atoms with E-state index in [0.717, 1.165) is 25.8 Å². The molecule has 5 heteroatoms. The summed E-state index contributed by atoms with van der Waals surface area (Å²) in [5.41, 5.74) is 8.31. The van der Waals surface area contributed by atoms with Gasteiger partial charge >= 0.3 is 0 Å². The molecule has 0 radical (unpaired) electrons. The fourth-order valence-corrected chi connectivity index (χ4v) is 3.21. The molecule has 20 heavy (non-hydrogen) atoms. The van der Waals surface area contributed by atoms with Gasteiger partial charge in [-0.1, -0.05) is 49.5 Å². The Kier molecular flexibility index (Phi) is 5.49. The molecule has 2 nitrogen and oxygen atoms in total. The van der Waals surface area contributed by atoms with Crippen LogP contribution in [-0.2, 0) is 6.42 Å². The molecule has 2 aromatic carbocycles. The van der Waals surface area contributed by atoms with Gasteiger partial charge in [0.1, 0.15) is 5.75 Å². The van der Waals surface area contributed by atoms with Crippen molar-refractivity contribution in [2.45, 2.75) is 12.5 Å². The molecule has 0 amide bonds. The van der Waals surface area contributed by atoms with E-state index in [4.69, 9.17) is 22.1 Å². The van der Waals surface area contributed by atoms with Crippen LogP contribution in [0.5, 0.6) is 5.75 Å². The summed E-state index contributed by atoms with van der Waals surface area (Å²) in [6.07, 6.45) is 0.680. The molecule has 0 spiro atoms. The predicted octanol–water partition coefficient (Wildman–Crippen LogP) is 5.12. The minimum Gasteiger partial charge on any atom is -0.497 e. The van der Waals surface area contributed by atoms with Gasteiger partial charge in [-0.3, -0.25) is 0 Å². The third-order valence-electron chi connectivity index (χ3n) is 3.05. The van der Waals surface area contributed by atoms with Gasteiger partial charge in [-0.05, 0) is 47.9 Å². The second-order valence-corrected chi connectivity index (χ2v) is 6.61. The van der Waals surface area contributed by atoms with Crippen molar-refractivity contribution in [1.29, 1.82) is 0 Å². The molecule has 0 bridgehead atoms. The zero-order valence-corrected chi connectivity index (χ0v) is 14.8. The van der Waals surface area contributed by atoms with E-state index in [2.05, 4.69) is 31.9 Å². The van der Waals surface area contributed by atoms with Crippen molar-refractivity contribution in [3.63, 3.8) is 0 Å². The zero-order chi connectivity index (χ0) is 14.7. The number of ether oxygens (including phenoxy) is 1. The highest BCUT2D eigenvalue weighted by atomic mass is 79.9. The largest absolute Gasteiger partial charge is 0.497 e. The Balaban J connectivity index is 2.25. The van der Waals surface area contributed by atoms with Gasteiger partial charge in [0.05, 0.1) is 7.11 Å². The Hall–Kier alpha value is -0.550. The van der Waals surface area contributed by atoms with Gasteiger partial charge in [-0.2, -0.15) is 0 Å². The number of methoxy groups -OCH3 is 1. The van der Waals surface area contributed by atoms with Gasteiger partial charge in [0, 0.05) is 20.0 Å². The molecular formula is C15H14Br2ClNO. The minimum atomic E-state index is -0.168. The second kappa shape index (κ2) is 6.94. The molecule has 0 fully saturated rings. The van der Waals surface area contributed by atoms with E-state index in [1.807, 2.05) is 36.4 Å². The van der Waals surface area contributed by atoms with Crippen LogP contribution in [0.1, 0.15) is 17.2 Å². The van der Waals surface area contributed by atoms with Gasteiger partial charge in [0.25, 0.3) is 0 Å². The van der Waals surface area contributed by atoms with Gasteiger partial charge in [0.15, 0.2) is 0 Å². The van der Waals surface area contributed by atoms with Crippen LogP contribution in [0, 0.1) is 0 Å². The molecule has 0 saturated carbocycles. The summed E-state index contributed by atoms with van der Waals surface area (Å²) in [6, 6.07) is 11.4. The normalized spacial score (nSPS) is 12.2. The summed E-state index contributed by atoms with van der Waals surface area (Å²) in [5, 5.41) is 0.672. The Morgan fingerprint density at radius 2 is 1.95 bits per heavy atom. The summed E-state index contributed by atoms with van der Waals surface area (Å²) >= 11 is 13.2. The fourth-order valence-electron chi connectivity index (χ4n) is 1.98. The van der Waals surface area contributed by atoms with Crippen LogP contribution < -0.4 is 10.5 Å². The minimum absolute atomic E-state index is 0.168. The molecule has 0 heterocycles. The molecule has 106 valence electrons.